The lowest BCUT2D eigenvalue weighted by molar-refractivity contribution is 0.108. The Morgan fingerprint density at radius 2 is 1.66 bits per heavy atom. The van der Waals surface area contributed by atoms with E-state index in [9.17, 15) is 4.79 Å². The quantitative estimate of drug-likeness (QED) is 0.315. The summed E-state index contributed by atoms with van der Waals surface area (Å²) >= 11 is 0. The zero-order chi connectivity index (χ0) is 23.0. The first-order valence-electron chi connectivity index (χ1n) is 11.2. The lowest BCUT2D eigenvalue weighted by Gasteiger charge is -2.45. The normalized spacial score (nSPS) is 13.5. The van der Waals surface area contributed by atoms with Crippen LogP contribution in [-0.2, 0) is 12.1 Å². The van der Waals surface area contributed by atoms with Crippen LogP contribution in [0.15, 0.2) is 66.9 Å². The molecule has 0 bridgehead atoms. The molecule has 1 unspecified atom stereocenters. The summed E-state index contributed by atoms with van der Waals surface area (Å²) in [5.74, 6) is 0.908. The molecule has 0 aliphatic heterocycles. The maximum absolute atomic E-state index is 10.8. The van der Waals surface area contributed by atoms with Crippen molar-refractivity contribution >= 4 is 6.09 Å². The van der Waals surface area contributed by atoms with Crippen LogP contribution in [0.3, 0.4) is 0 Å². The number of nitrogens with zero attached hydrogens (tertiary/aromatic N) is 1. The molecule has 0 saturated carbocycles. The van der Waals surface area contributed by atoms with Gasteiger partial charge in [0.25, 0.3) is 0 Å². The molecule has 32 heavy (non-hydrogen) atoms. The second-order valence-corrected chi connectivity index (χ2v) is 9.20. The molecule has 1 heterocycles. The summed E-state index contributed by atoms with van der Waals surface area (Å²) in [7, 11) is 0. The molecule has 0 aliphatic rings. The van der Waals surface area contributed by atoms with E-state index in [1.54, 1.807) is 0 Å². The lowest BCUT2D eigenvalue weighted by atomic mass is 9.69. The molecule has 6 nitrogen and oxygen atoms in total. The van der Waals surface area contributed by atoms with E-state index in [1.807, 2.05) is 42.6 Å². The van der Waals surface area contributed by atoms with Crippen LogP contribution >= 0.6 is 0 Å². The van der Waals surface area contributed by atoms with Gasteiger partial charge in [-0.3, -0.25) is 0 Å². The minimum absolute atomic E-state index is 0.145. The number of H-pyrrole nitrogens is 1. The van der Waals surface area contributed by atoms with Crippen molar-refractivity contribution in [3.05, 3.63) is 78.2 Å². The van der Waals surface area contributed by atoms with Crippen LogP contribution in [0, 0.1) is 5.41 Å². The highest BCUT2D eigenvalue weighted by Gasteiger charge is 2.45. The van der Waals surface area contributed by atoms with Gasteiger partial charge < -0.3 is 20.7 Å². The minimum atomic E-state index is -0.979. The van der Waals surface area contributed by atoms with Crippen molar-refractivity contribution in [3.8, 4) is 11.3 Å². The molecular weight excluding hydrogens is 400 g/mol. The number of rotatable bonds is 10. The Hall–Kier alpha value is -3.12. The molecule has 6 heteroatoms. The fourth-order valence-corrected chi connectivity index (χ4v) is 4.15. The van der Waals surface area contributed by atoms with E-state index < -0.39 is 11.6 Å². The molecular formula is C26H34N4O2. The monoisotopic (exact) mass is 434 g/mol. The van der Waals surface area contributed by atoms with Crippen LogP contribution in [0.2, 0.25) is 0 Å². The van der Waals surface area contributed by atoms with Gasteiger partial charge in [-0.1, -0.05) is 81.4 Å². The molecule has 4 N–H and O–H groups in total. The number of carboxylic acid groups (broad SMARTS) is 1. The Balaban J connectivity index is 1.90. The van der Waals surface area contributed by atoms with Crippen molar-refractivity contribution in [1.29, 1.82) is 0 Å². The predicted octanol–water partition coefficient (Wildman–Crippen LogP) is 5.55. The molecule has 0 saturated heterocycles. The van der Waals surface area contributed by atoms with Gasteiger partial charge in [-0.2, -0.15) is 0 Å². The first kappa shape index (κ1) is 23.5. The van der Waals surface area contributed by atoms with E-state index in [0.29, 0.717) is 13.1 Å². The number of benzene rings is 2. The fourth-order valence-electron chi connectivity index (χ4n) is 4.15. The number of nitrogens with one attached hydrogen (secondary N) is 3. The average Bonchev–Trinajstić information content (AvgIpc) is 3.26. The van der Waals surface area contributed by atoms with Gasteiger partial charge in [0.1, 0.15) is 5.82 Å². The Morgan fingerprint density at radius 1 is 1.00 bits per heavy atom. The molecule has 0 fully saturated rings. The van der Waals surface area contributed by atoms with Crippen LogP contribution < -0.4 is 10.6 Å². The number of amides is 1. The largest absolute Gasteiger partial charge is 0.465 e. The zero-order valence-corrected chi connectivity index (χ0v) is 19.2. The maximum atomic E-state index is 10.8. The second kappa shape index (κ2) is 10.5. The SMILES string of the molecule is CC(C)(C)C(CCCCNC(=O)O)(NCc1ccccc1)c1ncc(-c2ccccc2)[nH]1. The molecule has 0 spiro atoms. The lowest BCUT2D eigenvalue weighted by Crippen LogP contribution is -2.52. The highest BCUT2D eigenvalue weighted by Crippen LogP contribution is 2.43. The molecule has 3 aromatic rings. The molecule has 1 amide bonds. The van der Waals surface area contributed by atoms with Gasteiger partial charge in [-0.05, 0) is 35.8 Å². The van der Waals surface area contributed by atoms with Gasteiger partial charge in [0.2, 0.25) is 0 Å². The third-order valence-corrected chi connectivity index (χ3v) is 6.04. The third kappa shape index (κ3) is 5.77. The van der Waals surface area contributed by atoms with Crippen LogP contribution in [0.4, 0.5) is 4.79 Å². The molecule has 0 radical (unpaired) electrons. The Kier molecular flexibility index (Phi) is 7.70. The minimum Gasteiger partial charge on any atom is -0.465 e. The number of aromatic nitrogens is 2. The van der Waals surface area contributed by atoms with Crippen molar-refractivity contribution in [1.82, 2.24) is 20.6 Å². The van der Waals surface area contributed by atoms with Gasteiger partial charge in [0.05, 0.1) is 17.4 Å². The highest BCUT2D eigenvalue weighted by molar-refractivity contribution is 5.64. The Bertz CT molecular complexity index is 980. The highest BCUT2D eigenvalue weighted by atomic mass is 16.4. The van der Waals surface area contributed by atoms with Crippen molar-refractivity contribution in [2.24, 2.45) is 5.41 Å². The van der Waals surface area contributed by atoms with Gasteiger partial charge >= 0.3 is 6.09 Å². The average molecular weight is 435 g/mol. The van der Waals surface area contributed by atoms with E-state index in [-0.39, 0.29) is 5.41 Å². The van der Waals surface area contributed by atoms with Gasteiger partial charge in [0, 0.05) is 13.1 Å². The molecule has 3 rings (SSSR count). The van der Waals surface area contributed by atoms with Crippen LogP contribution in [0.25, 0.3) is 11.3 Å². The van der Waals surface area contributed by atoms with Crippen molar-refractivity contribution in [3.63, 3.8) is 0 Å². The Morgan fingerprint density at radius 3 is 2.28 bits per heavy atom. The number of hydrogen-bond donors (Lipinski definition) is 4. The molecule has 0 aliphatic carbocycles. The van der Waals surface area contributed by atoms with E-state index in [1.165, 1.54) is 5.56 Å². The molecule has 170 valence electrons. The van der Waals surface area contributed by atoms with Gasteiger partial charge in [-0.25, -0.2) is 9.78 Å². The van der Waals surface area contributed by atoms with Crippen molar-refractivity contribution < 1.29 is 9.90 Å². The summed E-state index contributed by atoms with van der Waals surface area (Å²) in [5, 5.41) is 15.2. The number of hydrogen-bond acceptors (Lipinski definition) is 3. The standard InChI is InChI=1S/C26H34N4O2/c1-25(2,3)26(16-10-11-17-27-24(31)32,29-18-20-12-6-4-7-13-20)23-28-19-22(30-23)21-14-8-5-9-15-21/h4-9,12-15,19,27,29H,10-11,16-18H2,1-3H3,(H,28,30)(H,31,32). The predicted molar refractivity (Wildman–Crippen MR) is 128 cm³/mol. The molecule has 1 aromatic heterocycles. The first-order chi connectivity index (χ1) is 15.3. The fraction of sp³-hybridized carbons (Fsp3) is 0.385. The van der Waals surface area contributed by atoms with E-state index >= 15 is 0 Å². The number of imidazole rings is 1. The van der Waals surface area contributed by atoms with E-state index in [0.717, 1.165) is 36.3 Å². The summed E-state index contributed by atoms with van der Waals surface area (Å²) in [4.78, 5) is 19.2. The summed E-state index contributed by atoms with van der Waals surface area (Å²) in [6.07, 6.45) is 3.38. The number of aromatic amines is 1. The first-order valence-corrected chi connectivity index (χ1v) is 11.2. The summed E-state index contributed by atoms with van der Waals surface area (Å²) in [6.45, 7) is 7.84. The zero-order valence-electron chi connectivity index (χ0n) is 19.2. The topological polar surface area (TPSA) is 90.0 Å². The Labute approximate surface area is 190 Å². The van der Waals surface area contributed by atoms with Crippen LogP contribution in [-0.4, -0.2) is 27.7 Å². The summed E-state index contributed by atoms with van der Waals surface area (Å²) < 4.78 is 0. The van der Waals surface area contributed by atoms with Gasteiger partial charge in [0.15, 0.2) is 0 Å². The van der Waals surface area contributed by atoms with Crippen molar-refractivity contribution in [2.45, 2.75) is 52.1 Å². The summed E-state index contributed by atoms with van der Waals surface area (Å²) in [6, 6.07) is 20.6. The number of unbranched alkanes of at least 4 members (excludes halogenated alkanes) is 1. The van der Waals surface area contributed by atoms with E-state index in [2.05, 4.69) is 60.7 Å². The van der Waals surface area contributed by atoms with Crippen molar-refractivity contribution in [2.75, 3.05) is 6.54 Å². The molecule has 1 atom stereocenters. The smallest absolute Gasteiger partial charge is 0.404 e. The maximum Gasteiger partial charge on any atom is 0.404 e. The van der Waals surface area contributed by atoms with Gasteiger partial charge in [-0.15, -0.1) is 0 Å². The second-order valence-electron chi connectivity index (χ2n) is 9.20. The van der Waals surface area contributed by atoms with Crippen LogP contribution in [0.5, 0.6) is 0 Å². The molecule has 2 aromatic carbocycles. The van der Waals surface area contributed by atoms with Crippen LogP contribution in [0.1, 0.15) is 51.4 Å². The number of carbonyl (C=O) groups is 1. The third-order valence-electron chi connectivity index (χ3n) is 6.04. The summed E-state index contributed by atoms with van der Waals surface area (Å²) in [5.41, 5.74) is 2.74. The van der Waals surface area contributed by atoms with E-state index in [4.69, 9.17) is 10.1 Å².